The molecule has 6 heteroatoms. The molecule has 0 bridgehead atoms. The van der Waals surface area contributed by atoms with Crippen molar-refractivity contribution in [2.45, 2.75) is 77.0 Å². The minimum Gasteiger partial charge on any atom is -0.493 e. The standard InChI is InChI=1S/C26H45N3O3/c1-3-13-28-16-11-23(12-17-28)27-19-22-9-10-25(31-2)26(18-22)32-21-24(30)20-29-14-7-5-4-6-8-15-29/h9-10,18,23-24,27,30H,3-8,11-17,19-21H2,1-2H3. The first-order chi connectivity index (χ1) is 15.7. The molecule has 1 aromatic rings. The number of β-amino-alcohol motifs (C(OH)–C–C–N with tert-alkyl or cyclic N) is 1. The molecule has 2 aliphatic heterocycles. The number of rotatable bonds is 11. The monoisotopic (exact) mass is 447 g/mol. The minimum absolute atomic E-state index is 0.291. The first-order valence-electron chi connectivity index (χ1n) is 12.8. The third kappa shape index (κ3) is 8.54. The average molecular weight is 448 g/mol. The lowest BCUT2D eigenvalue weighted by atomic mass is 10.0. The molecule has 1 atom stereocenters. The molecule has 6 nitrogen and oxygen atoms in total. The van der Waals surface area contributed by atoms with Crippen LogP contribution in [0.5, 0.6) is 11.5 Å². The third-order valence-corrected chi connectivity index (χ3v) is 6.80. The molecular formula is C26H45N3O3. The highest BCUT2D eigenvalue weighted by atomic mass is 16.5. The van der Waals surface area contributed by atoms with Crippen LogP contribution in [0.1, 0.15) is 63.9 Å². The van der Waals surface area contributed by atoms with Crippen molar-refractivity contribution in [1.82, 2.24) is 15.1 Å². The molecule has 1 aromatic carbocycles. The van der Waals surface area contributed by atoms with E-state index in [9.17, 15) is 5.11 Å². The second kappa shape index (κ2) is 14.0. The van der Waals surface area contributed by atoms with Crippen molar-refractivity contribution in [1.29, 1.82) is 0 Å². The molecule has 2 heterocycles. The van der Waals surface area contributed by atoms with E-state index in [-0.39, 0.29) is 0 Å². The molecule has 2 N–H and O–H groups in total. The summed E-state index contributed by atoms with van der Waals surface area (Å²) < 4.78 is 11.5. The quantitative estimate of drug-likeness (QED) is 0.540. The second-order valence-corrected chi connectivity index (χ2v) is 9.52. The van der Waals surface area contributed by atoms with Gasteiger partial charge in [0.15, 0.2) is 11.5 Å². The lowest BCUT2D eigenvalue weighted by Crippen LogP contribution is -2.42. The van der Waals surface area contributed by atoms with E-state index in [0.717, 1.165) is 31.1 Å². The Kier molecular flexibility index (Phi) is 11.1. The number of aliphatic hydroxyl groups is 1. The van der Waals surface area contributed by atoms with Crippen molar-refractivity contribution < 1.29 is 14.6 Å². The molecule has 0 radical (unpaired) electrons. The number of nitrogens with zero attached hydrogens (tertiary/aromatic N) is 2. The Bertz CT molecular complexity index is 641. The number of nitrogens with one attached hydrogen (secondary N) is 1. The number of methoxy groups -OCH3 is 1. The average Bonchev–Trinajstić information content (AvgIpc) is 2.79. The van der Waals surface area contributed by atoms with Gasteiger partial charge in [0.05, 0.1) is 7.11 Å². The fraction of sp³-hybridized carbons (Fsp3) is 0.769. The van der Waals surface area contributed by atoms with E-state index >= 15 is 0 Å². The smallest absolute Gasteiger partial charge is 0.161 e. The van der Waals surface area contributed by atoms with Crippen LogP contribution in [-0.2, 0) is 6.54 Å². The van der Waals surface area contributed by atoms with Gasteiger partial charge < -0.3 is 29.7 Å². The van der Waals surface area contributed by atoms with Crippen molar-refractivity contribution in [2.24, 2.45) is 0 Å². The molecule has 0 amide bonds. The molecule has 2 saturated heterocycles. The molecule has 3 rings (SSSR count). The van der Waals surface area contributed by atoms with E-state index in [1.807, 2.05) is 6.07 Å². The molecule has 182 valence electrons. The molecular weight excluding hydrogens is 402 g/mol. The van der Waals surface area contributed by atoms with Gasteiger partial charge in [0, 0.05) is 19.1 Å². The van der Waals surface area contributed by atoms with Crippen molar-refractivity contribution >= 4 is 0 Å². The van der Waals surface area contributed by atoms with Gasteiger partial charge in [0.25, 0.3) is 0 Å². The lowest BCUT2D eigenvalue weighted by Gasteiger charge is -2.32. The zero-order valence-corrected chi connectivity index (χ0v) is 20.4. The van der Waals surface area contributed by atoms with Crippen LogP contribution < -0.4 is 14.8 Å². The molecule has 1 unspecified atom stereocenters. The van der Waals surface area contributed by atoms with Gasteiger partial charge in [-0.1, -0.05) is 32.3 Å². The Morgan fingerprint density at radius 1 is 1.00 bits per heavy atom. The second-order valence-electron chi connectivity index (χ2n) is 9.52. The molecule has 0 aliphatic carbocycles. The molecule has 32 heavy (non-hydrogen) atoms. The van der Waals surface area contributed by atoms with Gasteiger partial charge >= 0.3 is 0 Å². The van der Waals surface area contributed by atoms with Crippen LogP contribution in [0.4, 0.5) is 0 Å². The third-order valence-electron chi connectivity index (χ3n) is 6.80. The van der Waals surface area contributed by atoms with Gasteiger partial charge in [-0.2, -0.15) is 0 Å². The van der Waals surface area contributed by atoms with E-state index in [1.165, 1.54) is 76.6 Å². The predicted octanol–water partition coefficient (Wildman–Crippen LogP) is 3.67. The van der Waals surface area contributed by atoms with Crippen LogP contribution in [0.2, 0.25) is 0 Å². The van der Waals surface area contributed by atoms with Crippen LogP contribution in [0, 0.1) is 0 Å². The molecule has 0 spiro atoms. The summed E-state index contributed by atoms with van der Waals surface area (Å²) in [5, 5.41) is 14.3. The number of piperidine rings is 1. The van der Waals surface area contributed by atoms with E-state index in [1.54, 1.807) is 7.11 Å². The maximum Gasteiger partial charge on any atom is 0.161 e. The zero-order valence-electron chi connectivity index (χ0n) is 20.4. The summed E-state index contributed by atoms with van der Waals surface area (Å²) in [6.45, 7) is 9.82. The zero-order chi connectivity index (χ0) is 22.6. The van der Waals surface area contributed by atoms with Crippen LogP contribution in [0.25, 0.3) is 0 Å². The van der Waals surface area contributed by atoms with Gasteiger partial charge in [0.1, 0.15) is 12.7 Å². The highest BCUT2D eigenvalue weighted by Gasteiger charge is 2.19. The van der Waals surface area contributed by atoms with Crippen molar-refractivity contribution in [3.63, 3.8) is 0 Å². The number of ether oxygens (including phenoxy) is 2. The molecule has 2 aliphatic rings. The van der Waals surface area contributed by atoms with Crippen molar-refractivity contribution in [3.05, 3.63) is 23.8 Å². The van der Waals surface area contributed by atoms with E-state index in [0.29, 0.717) is 19.2 Å². The summed E-state index contributed by atoms with van der Waals surface area (Å²) in [6.07, 6.45) is 9.58. The summed E-state index contributed by atoms with van der Waals surface area (Å²) in [5.74, 6) is 1.44. The van der Waals surface area contributed by atoms with Gasteiger partial charge in [-0.05, 0) is 82.5 Å². The van der Waals surface area contributed by atoms with Crippen LogP contribution in [0.15, 0.2) is 18.2 Å². The highest BCUT2D eigenvalue weighted by molar-refractivity contribution is 5.43. The van der Waals surface area contributed by atoms with Gasteiger partial charge in [-0.3, -0.25) is 0 Å². The van der Waals surface area contributed by atoms with Gasteiger partial charge in [-0.15, -0.1) is 0 Å². The van der Waals surface area contributed by atoms with E-state index in [4.69, 9.17) is 9.47 Å². The van der Waals surface area contributed by atoms with Gasteiger partial charge in [0.2, 0.25) is 0 Å². The van der Waals surface area contributed by atoms with E-state index in [2.05, 4.69) is 34.2 Å². The number of benzene rings is 1. The van der Waals surface area contributed by atoms with E-state index < -0.39 is 6.10 Å². The number of hydrogen-bond donors (Lipinski definition) is 2. The van der Waals surface area contributed by atoms with Crippen molar-refractivity contribution in [3.8, 4) is 11.5 Å². The topological polar surface area (TPSA) is 57.2 Å². The normalized spacial score (nSPS) is 20.5. The van der Waals surface area contributed by atoms with Crippen LogP contribution >= 0.6 is 0 Å². The molecule has 0 aromatic heterocycles. The Morgan fingerprint density at radius 2 is 1.72 bits per heavy atom. The summed E-state index contributed by atoms with van der Waals surface area (Å²) in [5.41, 5.74) is 1.19. The molecule has 0 saturated carbocycles. The summed E-state index contributed by atoms with van der Waals surface area (Å²) in [4.78, 5) is 4.95. The number of hydrogen-bond acceptors (Lipinski definition) is 6. The largest absolute Gasteiger partial charge is 0.493 e. The number of aliphatic hydroxyl groups excluding tert-OH is 1. The van der Waals surface area contributed by atoms with Crippen LogP contribution in [-0.4, -0.2) is 80.0 Å². The summed E-state index contributed by atoms with van der Waals surface area (Å²) in [7, 11) is 1.67. The predicted molar refractivity (Wildman–Crippen MR) is 131 cm³/mol. The minimum atomic E-state index is -0.491. The Labute approximate surface area is 195 Å². The number of likely N-dealkylation sites (tertiary alicyclic amines) is 2. The Morgan fingerprint density at radius 3 is 2.41 bits per heavy atom. The summed E-state index contributed by atoms with van der Waals surface area (Å²) >= 11 is 0. The van der Waals surface area contributed by atoms with Crippen LogP contribution in [0.3, 0.4) is 0 Å². The Balaban J connectivity index is 1.45. The van der Waals surface area contributed by atoms with Gasteiger partial charge in [-0.25, -0.2) is 0 Å². The SMILES string of the molecule is CCCN1CCC(NCc2ccc(OC)c(OCC(O)CN3CCCCCCC3)c2)CC1. The molecule has 2 fully saturated rings. The first kappa shape index (κ1) is 25.3. The lowest BCUT2D eigenvalue weighted by molar-refractivity contribution is 0.0644. The maximum atomic E-state index is 10.6. The maximum absolute atomic E-state index is 10.6. The Hall–Kier alpha value is -1.34. The summed E-state index contributed by atoms with van der Waals surface area (Å²) in [6, 6.07) is 6.71. The highest BCUT2D eigenvalue weighted by Crippen LogP contribution is 2.28. The van der Waals surface area contributed by atoms with Crippen molar-refractivity contribution in [2.75, 3.05) is 53.0 Å². The fourth-order valence-corrected chi connectivity index (χ4v) is 4.92. The fourth-order valence-electron chi connectivity index (χ4n) is 4.92. The first-order valence-corrected chi connectivity index (χ1v) is 12.8.